The third kappa shape index (κ3) is 8.95. The van der Waals surface area contributed by atoms with Crippen molar-refractivity contribution in [3.63, 3.8) is 0 Å². The van der Waals surface area contributed by atoms with Crippen molar-refractivity contribution in [2.75, 3.05) is 0 Å². The van der Waals surface area contributed by atoms with Gasteiger partial charge in [-0.25, -0.2) is 9.82 Å². The van der Waals surface area contributed by atoms with Gasteiger partial charge < -0.3 is 0 Å². The van der Waals surface area contributed by atoms with Gasteiger partial charge in [0.1, 0.15) is 5.82 Å². The Morgan fingerprint density at radius 3 is 2.62 bits per heavy atom. The first-order chi connectivity index (χ1) is 10.2. The fourth-order valence-electron chi connectivity index (χ4n) is 2.06. The van der Waals surface area contributed by atoms with E-state index >= 15 is 0 Å². The Morgan fingerprint density at radius 2 is 1.90 bits per heavy atom. The molecule has 0 saturated carbocycles. The van der Waals surface area contributed by atoms with Crippen LogP contribution in [-0.4, -0.2) is 12.1 Å². The van der Waals surface area contributed by atoms with Gasteiger partial charge in [-0.05, 0) is 24.1 Å². The van der Waals surface area contributed by atoms with Crippen LogP contribution in [0.25, 0.3) is 0 Å². The SMILES string of the molecule is CCCCCCCCCC(=O)NN=Cc1cccc(F)c1. The maximum absolute atomic E-state index is 12.9. The largest absolute Gasteiger partial charge is 0.273 e. The van der Waals surface area contributed by atoms with Gasteiger partial charge in [-0.1, -0.05) is 57.6 Å². The molecule has 21 heavy (non-hydrogen) atoms. The molecule has 0 aliphatic carbocycles. The van der Waals surface area contributed by atoms with Crippen LogP contribution in [0.4, 0.5) is 4.39 Å². The van der Waals surface area contributed by atoms with Crippen molar-refractivity contribution in [2.24, 2.45) is 5.10 Å². The molecule has 0 aliphatic heterocycles. The number of nitrogens with zero attached hydrogens (tertiary/aromatic N) is 1. The number of nitrogens with one attached hydrogen (secondary N) is 1. The van der Waals surface area contributed by atoms with Crippen LogP contribution in [0.2, 0.25) is 0 Å². The number of unbranched alkanes of at least 4 members (excludes halogenated alkanes) is 6. The highest BCUT2D eigenvalue weighted by molar-refractivity contribution is 5.82. The van der Waals surface area contributed by atoms with Crippen molar-refractivity contribution in [3.8, 4) is 0 Å². The van der Waals surface area contributed by atoms with Crippen LogP contribution in [0.1, 0.15) is 63.9 Å². The van der Waals surface area contributed by atoms with Crippen molar-refractivity contribution >= 4 is 12.1 Å². The van der Waals surface area contributed by atoms with Crippen molar-refractivity contribution in [2.45, 2.75) is 58.3 Å². The lowest BCUT2D eigenvalue weighted by molar-refractivity contribution is -0.121. The summed E-state index contributed by atoms with van der Waals surface area (Å²) in [4.78, 5) is 11.5. The molecule has 0 heterocycles. The van der Waals surface area contributed by atoms with Gasteiger partial charge >= 0.3 is 0 Å². The van der Waals surface area contributed by atoms with E-state index in [0.29, 0.717) is 12.0 Å². The summed E-state index contributed by atoms with van der Waals surface area (Å²) in [6.45, 7) is 2.20. The van der Waals surface area contributed by atoms with Gasteiger partial charge in [-0.2, -0.15) is 5.10 Å². The summed E-state index contributed by atoms with van der Waals surface area (Å²) >= 11 is 0. The van der Waals surface area contributed by atoms with Crippen LogP contribution >= 0.6 is 0 Å². The number of hydrogen-bond acceptors (Lipinski definition) is 2. The second-order valence-corrected chi connectivity index (χ2v) is 5.22. The number of rotatable bonds is 10. The number of hydrazone groups is 1. The number of amides is 1. The van der Waals surface area contributed by atoms with E-state index in [2.05, 4.69) is 17.5 Å². The first-order valence-electron chi connectivity index (χ1n) is 7.80. The Morgan fingerprint density at radius 1 is 1.19 bits per heavy atom. The molecule has 116 valence electrons. The molecule has 0 radical (unpaired) electrons. The predicted octanol–water partition coefficient (Wildman–Crippen LogP) is 4.42. The van der Waals surface area contributed by atoms with Crippen LogP contribution in [0.5, 0.6) is 0 Å². The van der Waals surface area contributed by atoms with E-state index in [-0.39, 0.29) is 11.7 Å². The van der Waals surface area contributed by atoms with Gasteiger partial charge in [0, 0.05) is 6.42 Å². The topological polar surface area (TPSA) is 41.5 Å². The van der Waals surface area contributed by atoms with Crippen molar-refractivity contribution in [1.29, 1.82) is 0 Å². The van der Waals surface area contributed by atoms with E-state index in [9.17, 15) is 9.18 Å². The van der Waals surface area contributed by atoms with Crippen LogP contribution in [0.15, 0.2) is 29.4 Å². The van der Waals surface area contributed by atoms with E-state index in [1.54, 1.807) is 12.1 Å². The molecule has 0 atom stereocenters. The van der Waals surface area contributed by atoms with Crippen LogP contribution in [0.3, 0.4) is 0 Å². The minimum absolute atomic E-state index is 0.0868. The number of hydrogen-bond donors (Lipinski definition) is 1. The predicted molar refractivity (Wildman–Crippen MR) is 84.7 cm³/mol. The summed E-state index contributed by atoms with van der Waals surface area (Å²) in [5.74, 6) is -0.399. The molecule has 1 aromatic rings. The van der Waals surface area contributed by atoms with Gasteiger partial charge in [0.05, 0.1) is 6.21 Å². The molecule has 0 aromatic heterocycles. The molecule has 0 aliphatic rings. The second-order valence-electron chi connectivity index (χ2n) is 5.22. The third-order valence-corrected chi connectivity index (χ3v) is 3.26. The lowest BCUT2D eigenvalue weighted by Crippen LogP contribution is -2.16. The Bertz CT molecular complexity index is 446. The average molecular weight is 292 g/mol. The zero-order valence-corrected chi connectivity index (χ0v) is 12.8. The van der Waals surface area contributed by atoms with E-state index < -0.39 is 0 Å². The Labute approximate surface area is 126 Å². The van der Waals surface area contributed by atoms with Crippen LogP contribution in [-0.2, 0) is 4.79 Å². The molecule has 3 nitrogen and oxygen atoms in total. The highest BCUT2D eigenvalue weighted by Gasteiger charge is 1.99. The minimum atomic E-state index is -0.312. The zero-order valence-electron chi connectivity index (χ0n) is 12.8. The molecule has 1 N–H and O–H groups in total. The van der Waals surface area contributed by atoms with Crippen LogP contribution in [0, 0.1) is 5.82 Å². The lowest BCUT2D eigenvalue weighted by Gasteiger charge is -2.01. The van der Waals surface area contributed by atoms with E-state index in [4.69, 9.17) is 0 Å². The van der Waals surface area contributed by atoms with E-state index in [1.165, 1.54) is 50.5 Å². The third-order valence-electron chi connectivity index (χ3n) is 3.26. The first kappa shape index (κ1) is 17.3. The molecule has 0 spiro atoms. The quantitative estimate of drug-likeness (QED) is 0.387. The van der Waals surface area contributed by atoms with Gasteiger partial charge in [-0.15, -0.1) is 0 Å². The molecule has 1 aromatic carbocycles. The zero-order chi connectivity index (χ0) is 15.3. The van der Waals surface area contributed by atoms with Gasteiger partial charge in [0.15, 0.2) is 0 Å². The Kier molecular flexibility index (Phi) is 9.09. The normalized spacial score (nSPS) is 11.0. The molecular weight excluding hydrogens is 267 g/mol. The standard InChI is InChI=1S/C17H25FN2O/c1-2-3-4-5-6-7-8-12-17(21)20-19-14-15-10-9-11-16(18)13-15/h9-11,13-14H,2-8,12H2,1H3,(H,20,21). The fourth-order valence-corrected chi connectivity index (χ4v) is 2.06. The first-order valence-corrected chi connectivity index (χ1v) is 7.80. The molecule has 1 rings (SSSR count). The number of carbonyl (C=O) groups excluding carboxylic acids is 1. The van der Waals surface area contributed by atoms with E-state index in [0.717, 1.165) is 12.8 Å². The monoisotopic (exact) mass is 292 g/mol. The molecular formula is C17H25FN2O. The summed E-state index contributed by atoms with van der Waals surface area (Å²) < 4.78 is 12.9. The molecule has 0 bridgehead atoms. The van der Waals surface area contributed by atoms with Gasteiger partial charge in [0.2, 0.25) is 5.91 Å². The summed E-state index contributed by atoms with van der Waals surface area (Å²) in [6.07, 6.45) is 10.2. The van der Waals surface area contributed by atoms with Crippen molar-refractivity contribution < 1.29 is 9.18 Å². The molecule has 0 unspecified atom stereocenters. The van der Waals surface area contributed by atoms with Crippen molar-refractivity contribution in [1.82, 2.24) is 5.43 Å². The van der Waals surface area contributed by atoms with Crippen molar-refractivity contribution in [3.05, 3.63) is 35.6 Å². The number of carbonyl (C=O) groups is 1. The lowest BCUT2D eigenvalue weighted by atomic mass is 10.1. The maximum Gasteiger partial charge on any atom is 0.240 e. The van der Waals surface area contributed by atoms with Gasteiger partial charge in [-0.3, -0.25) is 4.79 Å². The summed E-state index contributed by atoms with van der Waals surface area (Å²) in [6, 6.07) is 6.08. The number of benzene rings is 1. The highest BCUT2D eigenvalue weighted by Crippen LogP contribution is 2.08. The Balaban J connectivity index is 2.08. The van der Waals surface area contributed by atoms with Gasteiger partial charge in [0.25, 0.3) is 0 Å². The summed E-state index contributed by atoms with van der Waals surface area (Å²) in [5.41, 5.74) is 3.10. The smallest absolute Gasteiger partial charge is 0.240 e. The fraction of sp³-hybridized carbons (Fsp3) is 0.529. The number of halogens is 1. The Hall–Kier alpha value is -1.71. The van der Waals surface area contributed by atoms with Crippen LogP contribution < -0.4 is 5.43 Å². The second kappa shape index (κ2) is 11.0. The molecule has 4 heteroatoms. The summed E-state index contributed by atoms with van der Waals surface area (Å²) in [7, 11) is 0. The van der Waals surface area contributed by atoms with E-state index in [1.807, 2.05) is 0 Å². The highest BCUT2D eigenvalue weighted by atomic mass is 19.1. The molecule has 1 amide bonds. The minimum Gasteiger partial charge on any atom is -0.273 e. The maximum atomic E-state index is 12.9. The molecule has 0 fully saturated rings. The molecule has 0 saturated heterocycles. The summed E-state index contributed by atoms with van der Waals surface area (Å²) in [5, 5.41) is 3.83. The average Bonchev–Trinajstić information content (AvgIpc) is 2.46.